The van der Waals surface area contributed by atoms with Gasteiger partial charge in [0.05, 0.1) is 6.61 Å². The summed E-state index contributed by atoms with van der Waals surface area (Å²) >= 11 is 0. The fourth-order valence-corrected chi connectivity index (χ4v) is 3.36. The third kappa shape index (κ3) is 5.76. The van der Waals surface area contributed by atoms with E-state index in [0.717, 1.165) is 24.3 Å². The van der Waals surface area contributed by atoms with Crippen LogP contribution in [0.15, 0.2) is 54.0 Å². The summed E-state index contributed by atoms with van der Waals surface area (Å²) < 4.78 is 100.0. The van der Waals surface area contributed by atoms with Crippen LogP contribution in [0.5, 0.6) is 11.5 Å². The van der Waals surface area contributed by atoms with E-state index < -0.39 is 52.7 Å². The predicted molar refractivity (Wildman–Crippen MR) is 111 cm³/mol. The molecule has 0 amide bonds. The van der Waals surface area contributed by atoms with Crippen LogP contribution in [0.3, 0.4) is 0 Å². The van der Waals surface area contributed by atoms with Gasteiger partial charge in [-0.3, -0.25) is 0 Å². The number of furan rings is 1. The van der Waals surface area contributed by atoms with Crippen LogP contribution in [0.4, 0.5) is 26.3 Å². The van der Waals surface area contributed by atoms with Crippen molar-refractivity contribution in [3.05, 3.63) is 60.7 Å². The first-order valence-electron chi connectivity index (χ1n) is 9.83. The fraction of sp³-hybridized carbons (Fsp3) is 0.217. The summed E-state index contributed by atoms with van der Waals surface area (Å²) in [6.45, 7) is 6.16. The number of fused-ring (bicyclic) bond motifs is 3. The summed E-state index contributed by atoms with van der Waals surface area (Å²) in [5.74, 6) is -3.70. The van der Waals surface area contributed by atoms with Crippen molar-refractivity contribution in [1.82, 2.24) is 0 Å². The number of aryl methyl sites for hydroxylation is 1. The highest BCUT2D eigenvalue weighted by Gasteiger charge is 2.39. The molecule has 0 spiro atoms. The minimum atomic E-state index is -5.27. The largest absolute Gasteiger partial charge is 0.573 e. The number of hydrogen-bond acceptors (Lipinski definition) is 6. The molecule has 0 fully saturated rings. The van der Waals surface area contributed by atoms with E-state index in [2.05, 4.69) is 17.9 Å². The highest BCUT2D eigenvalue weighted by atomic mass is 19.4. The molecule has 3 rings (SSSR count). The van der Waals surface area contributed by atoms with E-state index in [0.29, 0.717) is 6.08 Å². The summed E-state index contributed by atoms with van der Waals surface area (Å²) in [5, 5.41) is -0.266. The maximum Gasteiger partial charge on any atom is 0.573 e. The molecule has 0 aliphatic heterocycles. The average molecular weight is 502 g/mol. The highest BCUT2D eigenvalue weighted by molar-refractivity contribution is 6.09. The zero-order valence-corrected chi connectivity index (χ0v) is 17.7. The molecule has 0 unspecified atom stereocenters. The Morgan fingerprint density at radius 3 is 2.14 bits per heavy atom. The van der Waals surface area contributed by atoms with Gasteiger partial charge in [0.1, 0.15) is 11.1 Å². The van der Waals surface area contributed by atoms with Gasteiger partial charge in [0.2, 0.25) is 5.75 Å². The lowest BCUT2D eigenvalue weighted by Crippen LogP contribution is -2.18. The Kier molecular flexibility index (Phi) is 7.13. The van der Waals surface area contributed by atoms with Gasteiger partial charge in [-0.25, -0.2) is 9.59 Å². The Morgan fingerprint density at radius 1 is 0.914 bits per heavy atom. The molecule has 12 heteroatoms. The molecule has 3 aromatic rings. The number of rotatable bonds is 8. The van der Waals surface area contributed by atoms with E-state index in [9.17, 15) is 35.9 Å². The topological polar surface area (TPSA) is 75.0 Å². The van der Waals surface area contributed by atoms with Gasteiger partial charge in [0, 0.05) is 22.9 Å². The quantitative estimate of drug-likeness (QED) is 0.119. The molecule has 0 atom stereocenters. The minimum Gasteiger partial charge on any atom is -0.463 e. The molecule has 0 saturated carbocycles. The van der Waals surface area contributed by atoms with Crippen LogP contribution in [0, 0.1) is 0 Å². The average Bonchev–Trinajstić information content (AvgIpc) is 3.14. The second-order valence-electron chi connectivity index (χ2n) is 6.99. The van der Waals surface area contributed by atoms with Crippen LogP contribution < -0.4 is 9.47 Å². The second kappa shape index (κ2) is 9.72. The maximum absolute atomic E-state index is 14.0. The van der Waals surface area contributed by atoms with Crippen LogP contribution in [-0.4, -0.2) is 24.9 Å². The summed E-state index contributed by atoms with van der Waals surface area (Å²) in [4.78, 5) is 22.6. The summed E-state index contributed by atoms with van der Waals surface area (Å²) in [6.07, 6.45) is -8.78. The van der Waals surface area contributed by atoms with E-state index in [4.69, 9.17) is 13.9 Å². The molecular formula is C23H16F6O6. The van der Waals surface area contributed by atoms with Gasteiger partial charge in [-0.05, 0) is 30.5 Å². The Balaban J connectivity index is 2.18. The smallest absolute Gasteiger partial charge is 0.463 e. The van der Waals surface area contributed by atoms with Gasteiger partial charge < -0.3 is 18.6 Å². The van der Waals surface area contributed by atoms with E-state index in [-0.39, 0.29) is 35.8 Å². The molecule has 0 radical (unpaired) electrons. The van der Waals surface area contributed by atoms with Gasteiger partial charge in [0.25, 0.3) is 0 Å². The second-order valence-corrected chi connectivity index (χ2v) is 6.99. The fourth-order valence-electron chi connectivity index (χ4n) is 3.36. The predicted octanol–water partition coefficient (Wildman–Crippen LogP) is 6.26. The van der Waals surface area contributed by atoms with Crippen molar-refractivity contribution in [2.24, 2.45) is 0 Å². The standard InChI is InChI=1S/C23H16F6O6/c1-3-16(30)32-11-5-6-12-7-8-13-14-9-10-15(33-17(31)4-2)21(35-23(27,28)29)20(14)34-19(13)18(12)22(24,25)26/h3-4,7-10H,1-2,5-6,11H2. The molecule has 1 heterocycles. The van der Waals surface area contributed by atoms with Gasteiger partial charge in [-0.15, -0.1) is 13.2 Å². The van der Waals surface area contributed by atoms with Crippen LogP contribution in [0.25, 0.3) is 21.9 Å². The summed E-state index contributed by atoms with van der Waals surface area (Å²) in [6, 6.07) is 4.50. The zero-order valence-electron chi connectivity index (χ0n) is 17.7. The molecule has 6 nitrogen and oxygen atoms in total. The lowest BCUT2D eigenvalue weighted by Gasteiger charge is -2.13. The SMILES string of the molecule is C=CC(=O)OCCCc1ccc2c(oc3c(OC(F)(F)F)c(OC(=O)C=C)ccc32)c1C(F)(F)F. The minimum absolute atomic E-state index is 0.0263. The molecule has 0 aliphatic rings. The lowest BCUT2D eigenvalue weighted by atomic mass is 9.99. The number of ether oxygens (including phenoxy) is 3. The van der Waals surface area contributed by atoms with Crippen molar-refractivity contribution >= 4 is 33.9 Å². The molecule has 35 heavy (non-hydrogen) atoms. The van der Waals surface area contributed by atoms with Crippen molar-refractivity contribution in [1.29, 1.82) is 0 Å². The van der Waals surface area contributed by atoms with Gasteiger partial charge in [-0.1, -0.05) is 25.3 Å². The third-order valence-electron chi connectivity index (χ3n) is 4.69. The molecule has 0 bridgehead atoms. The third-order valence-corrected chi connectivity index (χ3v) is 4.69. The number of benzene rings is 2. The molecule has 1 aromatic heterocycles. The lowest BCUT2D eigenvalue weighted by molar-refractivity contribution is -0.274. The van der Waals surface area contributed by atoms with Crippen molar-refractivity contribution < 1.29 is 54.6 Å². The van der Waals surface area contributed by atoms with Crippen molar-refractivity contribution in [3.63, 3.8) is 0 Å². The Morgan fingerprint density at radius 2 is 1.54 bits per heavy atom. The monoisotopic (exact) mass is 502 g/mol. The Hall–Kier alpha value is -3.96. The first-order valence-corrected chi connectivity index (χ1v) is 9.83. The highest BCUT2D eigenvalue weighted by Crippen LogP contribution is 2.47. The number of halogens is 6. The number of carbonyl (C=O) groups is 2. The molecule has 0 N–H and O–H groups in total. The number of esters is 2. The number of carbonyl (C=O) groups excluding carboxylic acids is 2. The Labute approximate surface area is 193 Å². The molecule has 186 valence electrons. The molecule has 0 aliphatic carbocycles. The van der Waals surface area contributed by atoms with E-state index in [1.807, 2.05) is 0 Å². The van der Waals surface area contributed by atoms with Crippen LogP contribution in [0.2, 0.25) is 0 Å². The maximum atomic E-state index is 14.0. The summed E-state index contributed by atoms with van der Waals surface area (Å²) in [5.41, 5.74) is -2.86. The number of alkyl halides is 6. The van der Waals surface area contributed by atoms with Gasteiger partial charge in [0.15, 0.2) is 11.3 Å². The van der Waals surface area contributed by atoms with E-state index >= 15 is 0 Å². The molecule has 0 saturated heterocycles. The van der Waals surface area contributed by atoms with Crippen molar-refractivity contribution in [2.75, 3.05) is 6.61 Å². The summed E-state index contributed by atoms with van der Waals surface area (Å²) in [7, 11) is 0. The van der Waals surface area contributed by atoms with Gasteiger partial charge >= 0.3 is 24.5 Å². The Bertz CT molecular complexity index is 1300. The molecular weight excluding hydrogens is 486 g/mol. The first-order chi connectivity index (χ1) is 16.4. The van der Waals surface area contributed by atoms with Crippen LogP contribution >= 0.6 is 0 Å². The zero-order chi connectivity index (χ0) is 26.0. The van der Waals surface area contributed by atoms with E-state index in [1.165, 1.54) is 6.07 Å². The first kappa shape index (κ1) is 25.7. The normalized spacial score (nSPS) is 11.9. The van der Waals surface area contributed by atoms with E-state index in [1.54, 1.807) is 0 Å². The van der Waals surface area contributed by atoms with Crippen LogP contribution in [0.1, 0.15) is 17.5 Å². The van der Waals surface area contributed by atoms with Crippen LogP contribution in [-0.2, 0) is 26.9 Å². The van der Waals surface area contributed by atoms with Gasteiger partial charge in [-0.2, -0.15) is 13.2 Å². The molecule has 2 aromatic carbocycles. The van der Waals surface area contributed by atoms with Crippen molar-refractivity contribution in [2.45, 2.75) is 25.4 Å². The number of hydrogen-bond donors (Lipinski definition) is 0. The van der Waals surface area contributed by atoms with Crippen molar-refractivity contribution in [3.8, 4) is 11.5 Å².